The fourth-order valence-corrected chi connectivity index (χ4v) is 4.06. The van der Waals surface area contributed by atoms with Gasteiger partial charge in [0, 0.05) is 31.1 Å². The fraction of sp³-hybridized carbons (Fsp3) is 0.545. The summed E-state index contributed by atoms with van der Waals surface area (Å²) in [5.74, 6) is 2.61. The Morgan fingerprint density at radius 2 is 2.00 bits per heavy atom. The van der Waals surface area contributed by atoms with Gasteiger partial charge in [-0.25, -0.2) is 14.4 Å². The summed E-state index contributed by atoms with van der Waals surface area (Å²) in [5, 5.41) is 3.22. The van der Waals surface area contributed by atoms with Crippen LogP contribution < -0.4 is 15.0 Å². The van der Waals surface area contributed by atoms with Crippen molar-refractivity contribution in [1.82, 2.24) is 9.97 Å². The topological polar surface area (TPSA) is 50.3 Å². The summed E-state index contributed by atoms with van der Waals surface area (Å²) in [6.07, 6.45) is 10.6. The molecule has 1 saturated carbocycles. The van der Waals surface area contributed by atoms with Crippen LogP contribution >= 0.6 is 11.8 Å². The number of hydrogen-bond donors (Lipinski definition) is 1. The maximum Gasteiger partial charge on any atom is 0.223 e. The molecule has 1 aromatic carbocycles. The van der Waals surface area contributed by atoms with Crippen LogP contribution in [0.1, 0.15) is 38.2 Å². The SMILES string of the molecule is CCN(CC1CCCC1)c1ccc(F)cc1CNc1ncc(OCCSC)cn1. The Morgan fingerprint density at radius 3 is 2.69 bits per heavy atom. The van der Waals surface area contributed by atoms with Crippen molar-refractivity contribution in [2.75, 3.05) is 41.9 Å². The molecule has 0 radical (unpaired) electrons. The normalized spacial score (nSPS) is 14.2. The van der Waals surface area contributed by atoms with E-state index in [1.165, 1.54) is 25.7 Å². The third-order valence-corrected chi connectivity index (χ3v) is 5.91. The van der Waals surface area contributed by atoms with E-state index in [0.717, 1.165) is 36.0 Å². The van der Waals surface area contributed by atoms with Crippen LogP contribution in [0.3, 0.4) is 0 Å². The van der Waals surface area contributed by atoms with Gasteiger partial charge in [0.25, 0.3) is 0 Å². The molecule has 1 aliphatic rings. The van der Waals surface area contributed by atoms with E-state index in [4.69, 9.17) is 4.74 Å². The average Bonchev–Trinajstić information content (AvgIpc) is 3.25. The zero-order valence-corrected chi connectivity index (χ0v) is 18.2. The minimum atomic E-state index is -0.221. The molecular formula is C22H31FN4OS. The second-order valence-corrected chi connectivity index (χ2v) is 8.38. The second-order valence-electron chi connectivity index (χ2n) is 7.40. The van der Waals surface area contributed by atoms with E-state index in [1.54, 1.807) is 36.3 Å². The molecule has 0 aliphatic heterocycles. The van der Waals surface area contributed by atoms with Crippen molar-refractivity contribution in [2.24, 2.45) is 5.92 Å². The van der Waals surface area contributed by atoms with Gasteiger partial charge in [0.15, 0.2) is 5.75 Å². The van der Waals surface area contributed by atoms with Gasteiger partial charge in [0.1, 0.15) is 5.82 Å². The van der Waals surface area contributed by atoms with Gasteiger partial charge in [-0.3, -0.25) is 0 Å². The lowest BCUT2D eigenvalue weighted by Crippen LogP contribution is -2.29. The molecule has 1 aromatic heterocycles. The van der Waals surface area contributed by atoms with Gasteiger partial charge in [-0.2, -0.15) is 11.8 Å². The van der Waals surface area contributed by atoms with Gasteiger partial charge < -0.3 is 15.0 Å². The Morgan fingerprint density at radius 1 is 1.24 bits per heavy atom. The van der Waals surface area contributed by atoms with E-state index < -0.39 is 0 Å². The van der Waals surface area contributed by atoms with Crippen LogP contribution in [0.2, 0.25) is 0 Å². The molecule has 1 heterocycles. The highest BCUT2D eigenvalue weighted by Gasteiger charge is 2.20. The number of nitrogens with zero attached hydrogens (tertiary/aromatic N) is 3. The quantitative estimate of drug-likeness (QED) is 0.519. The van der Waals surface area contributed by atoms with E-state index >= 15 is 0 Å². The van der Waals surface area contributed by atoms with E-state index in [2.05, 4.69) is 27.1 Å². The monoisotopic (exact) mass is 418 g/mol. The zero-order valence-electron chi connectivity index (χ0n) is 17.4. The first-order valence-corrected chi connectivity index (χ1v) is 11.8. The van der Waals surface area contributed by atoms with Crippen molar-refractivity contribution in [3.63, 3.8) is 0 Å². The van der Waals surface area contributed by atoms with Gasteiger partial charge in [0.05, 0.1) is 19.0 Å². The summed E-state index contributed by atoms with van der Waals surface area (Å²) in [6, 6.07) is 5.06. The molecule has 0 spiro atoms. The van der Waals surface area contributed by atoms with Gasteiger partial charge in [0.2, 0.25) is 5.95 Å². The second kappa shape index (κ2) is 11.2. The minimum absolute atomic E-state index is 0.221. The molecule has 5 nitrogen and oxygen atoms in total. The van der Waals surface area contributed by atoms with Crippen LogP contribution in [-0.4, -0.2) is 41.7 Å². The zero-order chi connectivity index (χ0) is 20.5. The Balaban J connectivity index is 1.64. The first kappa shape index (κ1) is 21.7. The van der Waals surface area contributed by atoms with Crippen LogP contribution in [0.5, 0.6) is 5.75 Å². The Labute approximate surface area is 177 Å². The summed E-state index contributed by atoms with van der Waals surface area (Å²) in [7, 11) is 0. The van der Waals surface area contributed by atoms with Gasteiger partial charge in [-0.1, -0.05) is 12.8 Å². The number of anilines is 2. The lowest BCUT2D eigenvalue weighted by Gasteiger charge is -2.28. The van der Waals surface area contributed by atoms with E-state index in [-0.39, 0.29) is 5.82 Å². The Bertz CT molecular complexity index is 753. The van der Waals surface area contributed by atoms with E-state index in [0.29, 0.717) is 24.8 Å². The number of rotatable bonds is 11. The molecule has 2 aromatic rings. The number of aromatic nitrogens is 2. The highest BCUT2D eigenvalue weighted by atomic mass is 32.2. The number of ether oxygens (including phenoxy) is 1. The molecule has 0 saturated heterocycles. The van der Waals surface area contributed by atoms with E-state index in [1.807, 2.05) is 12.3 Å². The predicted octanol–water partition coefficient (Wildman–Crippen LogP) is 4.99. The van der Waals surface area contributed by atoms with Crippen LogP contribution in [0.25, 0.3) is 0 Å². The van der Waals surface area contributed by atoms with Crippen molar-refractivity contribution in [3.05, 3.63) is 42.0 Å². The van der Waals surface area contributed by atoms with Gasteiger partial charge in [-0.05, 0) is 55.7 Å². The minimum Gasteiger partial charge on any atom is -0.489 e. The third-order valence-electron chi connectivity index (χ3n) is 5.34. The first-order chi connectivity index (χ1) is 14.2. The Kier molecular flexibility index (Phi) is 8.40. The number of benzene rings is 1. The van der Waals surface area contributed by atoms with Crippen molar-refractivity contribution in [2.45, 2.75) is 39.2 Å². The molecule has 3 rings (SSSR count). The molecule has 1 aliphatic carbocycles. The summed E-state index contributed by atoms with van der Waals surface area (Å²) >= 11 is 1.73. The number of hydrogen-bond acceptors (Lipinski definition) is 6. The van der Waals surface area contributed by atoms with Gasteiger partial charge >= 0.3 is 0 Å². The highest BCUT2D eigenvalue weighted by molar-refractivity contribution is 7.98. The molecule has 1 fully saturated rings. The van der Waals surface area contributed by atoms with Crippen LogP contribution in [0.4, 0.5) is 16.0 Å². The van der Waals surface area contributed by atoms with E-state index in [9.17, 15) is 4.39 Å². The molecule has 158 valence electrons. The van der Waals surface area contributed by atoms with Gasteiger partial charge in [-0.15, -0.1) is 0 Å². The average molecular weight is 419 g/mol. The molecule has 0 unspecified atom stereocenters. The largest absolute Gasteiger partial charge is 0.489 e. The fourth-order valence-electron chi connectivity index (χ4n) is 3.81. The summed E-state index contributed by atoms with van der Waals surface area (Å²) in [5.41, 5.74) is 2.01. The number of thioether (sulfide) groups is 1. The maximum absolute atomic E-state index is 13.9. The smallest absolute Gasteiger partial charge is 0.223 e. The predicted molar refractivity (Wildman–Crippen MR) is 119 cm³/mol. The maximum atomic E-state index is 13.9. The Hall–Kier alpha value is -2.02. The summed E-state index contributed by atoms with van der Waals surface area (Å²) in [6.45, 7) is 5.22. The van der Waals surface area contributed by atoms with Crippen molar-refractivity contribution in [3.8, 4) is 5.75 Å². The number of halogens is 1. The summed E-state index contributed by atoms with van der Waals surface area (Å²) < 4.78 is 19.5. The first-order valence-electron chi connectivity index (χ1n) is 10.4. The lowest BCUT2D eigenvalue weighted by molar-refractivity contribution is 0.341. The third kappa shape index (κ3) is 6.49. The lowest BCUT2D eigenvalue weighted by atomic mass is 10.1. The van der Waals surface area contributed by atoms with Crippen molar-refractivity contribution >= 4 is 23.4 Å². The number of nitrogens with one attached hydrogen (secondary N) is 1. The molecule has 0 atom stereocenters. The summed E-state index contributed by atoms with van der Waals surface area (Å²) in [4.78, 5) is 11.0. The highest BCUT2D eigenvalue weighted by Crippen LogP contribution is 2.29. The van der Waals surface area contributed by atoms with Crippen molar-refractivity contribution in [1.29, 1.82) is 0 Å². The molecule has 29 heavy (non-hydrogen) atoms. The van der Waals surface area contributed by atoms with Crippen LogP contribution in [-0.2, 0) is 6.54 Å². The molecule has 0 amide bonds. The van der Waals surface area contributed by atoms with Crippen LogP contribution in [0.15, 0.2) is 30.6 Å². The molecular weight excluding hydrogens is 387 g/mol. The molecule has 1 N–H and O–H groups in total. The standard InChI is InChI=1S/C22H31FN4OS/c1-3-27(16-17-6-4-5-7-17)21-9-8-19(23)12-18(21)13-24-22-25-14-20(15-26-22)28-10-11-29-2/h8-9,12,14-15,17H,3-7,10-11,13,16H2,1-2H3,(H,24,25,26). The molecule has 7 heteroatoms. The van der Waals surface area contributed by atoms with Crippen LogP contribution in [0, 0.1) is 11.7 Å². The van der Waals surface area contributed by atoms with Crippen molar-refractivity contribution < 1.29 is 9.13 Å². The molecule has 0 bridgehead atoms.